The third-order valence-electron chi connectivity index (χ3n) is 6.38. The van der Waals surface area contributed by atoms with E-state index in [1.165, 1.54) is 0 Å². The van der Waals surface area contributed by atoms with Gasteiger partial charge in [0.15, 0.2) is 0 Å². The molecule has 2 aliphatic rings. The SMILES string of the molecule is COc1ncc(CC2CCC(Oc3cc(N4CCOCC4)cc4nccnc34)CC2)cn1. The van der Waals surface area contributed by atoms with Gasteiger partial charge in [0.1, 0.15) is 11.3 Å². The van der Waals surface area contributed by atoms with Gasteiger partial charge >= 0.3 is 6.01 Å². The van der Waals surface area contributed by atoms with E-state index >= 15 is 0 Å². The van der Waals surface area contributed by atoms with Gasteiger partial charge in [-0.05, 0) is 49.7 Å². The van der Waals surface area contributed by atoms with Crippen LogP contribution in [-0.2, 0) is 11.2 Å². The highest BCUT2D eigenvalue weighted by atomic mass is 16.5. The molecule has 3 heterocycles. The number of hydrogen-bond donors (Lipinski definition) is 0. The third kappa shape index (κ3) is 4.75. The first-order valence-corrected chi connectivity index (χ1v) is 11.4. The average Bonchev–Trinajstić information content (AvgIpc) is 2.86. The number of rotatable bonds is 6. The van der Waals surface area contributed by atoms with Gasteiger partial charge < -0.3 is 19.1 Å². The molecule has 168 valence electrons. The highest BCUT2D eigenvalue weighted by Crippen LogP contribution is 2.34. The number of morpholine rings is 1. The van der Waals surface area contributed by atoms with E-state index in [0.29, 0.717) is 11.9 Å². The Morgan fingerprint density at radius 2 is 1.72 bits per heavy atom. The molecule has 5 rings (SSSR count). The van der Waals surface area contributed by atoms with Crippen molar-refractivity contribution in [1.29, 1.82) is 0 Å². The molecule has 1 aliphatic carbocycles. The first-order chi connectivity index (χ1) is 15.8. The number of aromatic nitrogens is 4. The molecule has 1 saturated carbocycles. The fourth-order valence-electron chi connectivity index (χ4n) is 4.64. The molecule has 0 N–H and O–H groups in total. The maximum atomic E-state index is 6.53. The van der Waals surface area contributed by atoms with Crippen molar-refractivity contribution >= 4 is 16.7 Å². The van der Waals surface area contributed by atoms with Gasteiger partial charge in [0, 0.05) is 49.6 Å². The second kappa shape index (κ2) is 9.65. The van der Waals surface area contributed by atoms with E-state index in [-0.39, 0.29) is 6.10 Å². The molecule has 2 fully saturated rings. The molecule has 1 aromatic carbocycles. The van der Waals surface area contributed by atoms with Crippen molar-refractivity contribution in [2.75, 3.05) is 38.3 Å². The Morgan fingerprint density at radius 3 is 2.47 bits per heavy atom. The zero-order chi connectivity index (χ0) is 21.8. The zero-order valence-electron chi connectivity index (χ0n) is 18.4. The second-order valence-electron chi connectivity index (χ2n) is 8.51. The topological polar surface area (TPSA) is 82.5 Å². The van der Waals surface area contributed by atoms with Gasteiger partial charge in [-0.1, -0.05) is 0 Å². The Hall–Kier alpha value is -3.00. The standard InChI is InChI=1S/C24H29N5O3/c1-30-24-27-15-18(16-28-24)12-17-2-4-20(5-3-17)32-22-14-19(29-8-10-31-11-9-29)13-21-23(22)26-7-6-25-21/h6-7,13-17,20H,2-5,8-12H2,1H3. The lowest BCUT2D eigenvalue weighted by molar-refractivity contribution is 0.122. The van der Waals surface area contributed by atoms with Crippen LogP contribution in [0.3, 0.4) is 0 Å². The van der Waals surface area contributed by atoms with Crippen LogP contribution >= 0.6 is 0 Å². The minimum Gasteiger partial charge on any atom is -0.488 e. The molecule has 2 aromatic heterocycles. The number of ether oxygens (including phenoxy) is 3. The Kier molecular flexibility index (Phi) is 6.29. The number of anilines is 1. The van der Waals surface area contributed by atoms with Gasteiger partial charge in [-0.2, -0.15) is 0 Å². The van der Waals surface area contributed by atoms with E-state index in [1.807, 2.05) is 12.4 Å². The van der Waals surface area contributed by atoms with Crippen LogP contribution in [0.1, 0.15) is 31.2 Å². The molecular formula is C24H29N5O3. The summed E-state index contributed by atoms with van der Waals surface area (Å²) in [4.78, 5) is 19.9. The lowest BCUT2D eigenvalue weighted by atomic mass is 9.84. The first kappa shape index (κ1) is 20.9. The Balaban J connectivity index is 1.25. The summed E-state index contributed by atoms with van der Waals surface area (Å²) < 4.78 is 17.1. The van der Waals surface area contributed by atoms with Crippen molar-refractivity contribution in [2.24, 2.45) is 5.92 Å². The molecule has 0 radical (unpaired) electrons. The van der Waals surface area contributed by atoms with Crippen LogP contribution in [0.4, 0.5) is 5.69 Å². The third-order valence-corrected chi connectivity index (χ3v) is 6.38. The summed E-state index contributed by atoms with van der Waals surface area (Å²) in [5.41, 5.74) is 4.00. The van der Waals surface area contributed by atoms with Crippen molar-refractivity contribution < 1.29 is 14.2 Å². The quantitative estimate of drug-likeness (QED) is 0.582. The second-order valence-corrected chi connectivity index (χ2v) is 8.51. The Labute approximate surface area is 188 Å². The number of methoxy groups -OCH3 is 1. The summed E-state index contributed by atoms with van der Waals surface area (Å²) in [5.74, 6) is 1.46. The molecule has 0 atom stereocenters. The first-order valence-electron chi connectivity index (χ1n) is 11.4. The fourth-order valence-corrected chi connectivity index (χ4v) is 4.64. The molecule has 3 aromatic rings. The van der Waals surface area contributed by atoms with E-state index in [4.69, 9.17) is 14.2 Å². The lowest BCUT2D eigenvalue weighted by Gasteiger charge is -2.31. The zero-order valence-corrected chi connectivity index (χ0v) is 18.4. The van der Waals surface area contributed by atoms with Gasteiger partial charge in [0.2, 0.25) is 0 Å². The van der Waals surface area contributed by atoms with Crippen LogP contribution in [0.25, 0.3) is 11.0 Å². The molecular weight excluding hydrogens is 406 g/mol. The van der Waals surface area contributed by atoms with E-state index in [2.05, 4.69) is 37.0 Å². The predicted octanol–water partition coefficient (Wildman–Crippen LogP) is 3.45. The predicted molar refractivity (Wildman–Crippen MR) is 121 cm³/mol. The molecule has 0 spiro atoms. The molecule has 0 amide bonds. The Morgan fingerprint density at radius 1 is 0.969 bits per heavy atom. The van der Waals surface area contributed by atoms with E-state index in [0.717, 1.165) is 86.4 Å². The van der Waals surface area contributed by atoms with Crippen LogP contribution in [-0.4, -0.2) is 59.5 Å². The van der Waals surface area contributed by atoms with Crippen LogP contribution < -0.4 is 14.4 Å². The van der Waals surface area contributed by atoms with E-state index < -0.39 is 0 Å². The van der Waals surface area contributed by atoms with Gasteiger partial charge in [0.05, 0.1) is 31.9 Å². The molecule has 8 heteroatoms. The average molecular weight is 436 g/mol. The molecule has 1 aliphatic heterocycles. The van der Waals surface area contributed by atoms with E-state index in [1.54, 1.807) is 19.5 Å². The fraction of sp³-hybridized carbons (Fsp3) is 0.500. The number of benzene rings is 1. The summed E-state index contributed by atoms with van der Waals surface area (Å²) >= 11 is 0. The molecule has 8 nitrogen and oxygen atoms in total. The molecule has 32 heavy (non-hydrogen) atoms. The van der Waals surface area contributed by atoms with Crippen LogP contribution in [0, 0.1) is 5.92 Å². The summed E-state index contributed by atoms with van der Waals surface area (Å²) in [6, 6.07) is 4.65. The highest BCUT2D eigenvalue weighted by molar-refractivity contribution is 5.85. The molecule has 1 saturated heterocycles. The number of hydrogen-bond acceptors (Lipinski definition) is 8. The van der Waals surface area contributed by atoms with Crippen molar-refractivity contribution in [3.8, 4) is 11.8 Å². The monoisotopic (exact) mass is 435 g/mol. The summed E-state index contributed by atoms with van der Waals surface area (Å²) in [6.07, 6.45) is 12.7. The molecule has 0 bridgehead atoms. The summed E-state index contributed by atoms with van der Waals surface area (Å²) in [7, 11) is 1.59. The van der Waals surface area contributed by atoms with Crippen molar-refractivity contribution in [1.82, 2.24) is 19.9 Å². The van der Waals surface area contributed by atoms with Crippen LogP contribution in [0.5, 0.6) is 11.8 Å². The maximum absolute atomic E-state index is 6.53. The minimum absolute atomic E-state index is 0.198. The lowest BCUT2D eigenvalue weighted by Crippen LogP contribution is -2.36. The van der Waals surface area contributed by atoms with Crippen molar-refractivity contribution in [3.05, 3.63) is 42.5 Å². The van der Waals surface area contributed by atoms with Gasteiger partial charge in [-0.15, -0.1) is 0 Å². The molecule has 0 unspecified atom stereocenters. The van der Waals surface area contributed by atoms with Crippen molar-refractivity contribution in [2.45, 2.75) is 38.2 Å². The summed E-state index contributed by atoms with van der Waals surface area (Å²) in [5, 5.41) is 0. The summed E-state index contributed by atoms with van der Waals surface area (Å²) in [6.45, 7) is 3.26. The van der Waals surface area contributed by atoms with Crippen LogP contribution in [0.15, 0.2) is 36.9 Å². The number of nitrogens with zero attached hydrogens (tertiary/aromatic N) is 5. The normalized spacial score (nSPS) is 21.5. The maximum Gasteiger partial charge on any atom is 0.316 e. The van der Waals surface area contributed by atoms with Gasteiger partial charge in [-0.25, -0.2) is 15.0 Å². The number of fused-ring (bicyclic) bond motifs is 1. The van der Waals surface area contributed by atoms with Crippen LogP contribution in [0.2, 0.25) is 0 Å². The largest absolute Gasteiger partial charge is 0.488 e. The smallest absolute Gasteiger partial charge is 0.316 e. The highest BCUT2D eigenvalue weighted by Gasteiger charge is 2.24. The van der Waals surface area contributed by atoms with Crippen molar-refractivity contribution in [3.63, 3.8) is 0 Å². The van der Waals surface area contributed by atoms with E-state index in [9.17, 15) is 0 Å². The van der Waals surface area contributed by atoms with Gasteiger partial charge in [0.25, 0.3) is 0 Å². The Bertz CT molecular complexity index is 1030. The minimum atomic E-state index is 0.198. The van der Waals surface area contributed by atoms with Gasteiger partial charge in [-0.3, -0.25) is 4.98 Å².